The van der Waals surface area contributed by atoms with Crippen molar-refractivity contribution in [3.63, 3.8) is 0 Å². The number of piperidine rings is 1. The molecule has 0 atom stereocenters. The predicted octanol–water partition coefficient (Wildman–Crippen LogP) is 1.61. The van der Waals surface area contributed by atoms with Crippen molar-refractivity contribution in [2.45, 2.75) is 12.8 Å². The van der Waals surface area contributed by atoms with E-state index < -0.39 is 0 Å². The van der Waals surface area contributed by atoms with Crippen molar-refractivity contribution in [3.05, 3.63) is 17.3 Å². The fourth-order valence-corrected chi connectivity index (χ4v) is 3.72. The summed E-state index contributed by atoms with van der Waals surface area (Å²) in [5, 5.41) is 8.58. The lowest BCUT2D eigenvalue weighted by atomic mass is 9.96. The number of ether oxygens (including phenoxy) is 1. The largest absolute Gasteiger partial charge is 0.383 e. The summed E-state index contributed by atoms with van der Waals surface area (Å²) < 4.78 is 5.17. The van der Waals surface area contributed by atoms with Gasteiger partial charge in [-0.05, 0) is 44.0 Å². The molecule has 0 saturated carbocycles. The third-order valence-corrected chi connectivity index (χ3v) is 5.35. The third-order valence-electron chi connectivity index (χ3n) is 5.15. The van der Waals surface area contributed by atoms with Gasteiger partial charge in [-0.1, -0.05) is 11.6 Å². The molecule has 3 rings (SSSR count). The molecule has 3 heterocycles. The van der Waals surface area contributed by atoms with Crippen LogP contribution in [-0.4, -0.2) is 86.1 Å². The number of hydrogen-bond donors (Lipinski definition) is 0. The van der Waals surface area contributed by atoms with E-state index in [1.165, 1.54) is 32.5 Å². The normalized spacial score (nSPS) is 21.3. The lowest BCUT2D eigenvalue weighted by Gasteiger charge is -2.39. The van der Waals surface area contributed by atoms with Crippen LogP contribution in [0.1, 0.15) is 12.8 Å². The molecule has 24 heavy (non-hydrogen) atoms. The lowest BCUT2D eigenvalue weighted by molar-refractivity contribution is 0.105. The molecular formula is C17H28ClN5O. The van der Waals surface area contributed by atoms with E-state index in [4.69, 9.17) is 16.3 Å². The quantitative estimate of drug-likeness (QED) is 0.774. The van der Waals surface area contributed by atoms with Gasteiger partial charge in [-0.15, -0.1) is 10.2 Å². The number of rotatable bonds is 6. The first-order valence-electron chi connectivity index (χ1n) is 8.92. The summed E-state index contributed by atoms with van der Waals surface area (Å²) in [6, 6.07) is 3.77. The first-order valence-corrected chi connectivity index (χ1v) is 9.30. The Labute approximate surface area is 149 Å². The molecule has 7 heteroatoms. The minimum absolute atomic E-state index is 0.453. The first-order chi connectivity index (χ1) is 11.7. The van der Waals surface area contributed by atoms with Crippen LogP contribution in [0.5, 0.6) is 0 Å². The van der Waals surface area contributed by atoms with Crippen molar-refractivity contribution in [3.8, 4) is 0 Å². The Hall–Kier alpha value is -0.950. The van der Waals surface area contributed by atoms with Crippen LogP contribution in [-0.2, 0) is 4.74 Å². The summed E-state index contributed by atoms with van der Waals surface area (Å²) >= 11 is 5.81. The van der Waals surface area contributed by atoms with Gasteiger partial charge in [-0.25, -0.2) is 0 Å². The molecule has 0 amide bonds. The van der Waals surface area contributed by atoms with Gasteiger partial charge in [0.25, 0.3) is 0 Å². The number of methoxy groups -OCH3 is 1. The second-order valence-corrected chi connectivity index (χ2v) is 7.17. The van der Waals surface area contributed by atoms with Gasteiger partial charge in [0.1, 0.15) is 0 Å². The number of nitrogens with zero attached hydrogens (tertiary/aromatic N) is 5. The van der Waals surface area contributed by atoms with Crippen molar-refractivity contribution in [1.82, 2.24) is 20.0 Å². The van der Waals surface area contributed by atoms with Crippen molar-refractivity contribution in [2.75, 3.05) is 71.0 Å². The molecule has 0 spiro atoms. The van der Waals surface area contributed by atoms with E-state index in [0.717, 1.165) is 51.1 Å². The number of anilines is 1. The Balaban J connectivity index is 1.38. The molecule has 134 valence electrons. The van der Waals surface area contributed by atoms with Gasteiger partial charge in [0.2, 0.25) is 0 Å². The maximum Gasteiger partial charge on any atom is 0.151 e. The molecule has 6 nitrogen and oxygen atoms in total. The molecule has 1 aromatic rings. The van der Waals surface area contributed by atoms with Crippen molar-refractivity contribution >= 4 is 17.4 Å². The van der Waals surface area contributed by atoms with Crippen molar-refractivity contribution in [2.24, 2.45) is 5.92 Å². The maximum absolute atomic E-state index is 5.81. The molecular weight excluding hydrogens is 326 g/mol. The fourth-order valence-electron chi connectivity index (χ4n) is 3.62. The Bertz CT molecular complexity index is 484. The Morgan fingerprint density at radius 1 is 1.04 bits per heavy atom. The van der Waals surface area contributed by atoms with Crippen LogP contribution in [0.15, 0.2) is 12.1 Å². The van der Waals surface area contributed by atoms with Crippen LogP contribution < -0.4 is 4.90 Å². The molecule has 0 N–H and O–H groups in total. The van der Waals surface area contributed by atoms with E-state index in [9.17, 15) is 0 Å². The Morgan fingerprint density at radius 3 is 2.42 bits per heavy atom. The van der Waals surface area contributed by atoms with Crippen LogP contribution in [0.3, 0.4) is 0 Å². The third kappa shape index (κ3) is 5.02. The number of likely N-dealkylation sites (tertiary alicyclic amines) is 1. The molecule has 2 fully saturated rings. The SMILES string of the molecule is COCCN1CCC(CN2CCN(c3ccc(Cl)nn3)CC2)CC1. The molecule has 0 unspecified atom stereocenters. The topological polar surface area (TPSA) is 44.7 Å². The smallest absolute Gasteiger partial charge is 0.151 e. The molecule has 0 aliphatic carbocycles. The summed E-state index contributed by atoms with van der Waals surface area (Å²) in [7, 11) is 1.78. The molecule has 1 aromatic heterocycles. The van der Waals surface area contributed by atoms with Crippen LogP contribution in [0, 0.1) is 5.92 Å². The van der Waals surface area contributed by atoms with E-state index >= 15 is 0 Å². The van der Waals surface area contributed by atoms with Crippen molar-refractivity contribution in [1.29, 1.82) is 0 Å². The maximum atomic E-state index is 5.81. The van der Waals surface area contributed by atoms with Gasteiger partial charge in [-0.3, -0.25) is 4.90 Å². The predicted molar refractivity (Wildman–Crippen MR) is 96.7 cm³/mol. The molecule has 2 aliphatic rings. The van der Waals surface area contributed by atoms with Gasteiger partial charge in [0.15, 0.2) is 11.0 Å². The molecule has 0 aromatic carbocycles. The summed E-state index contributed by atoms with van der Waals surface area (Å²) in [5.74, 6) is 1.77. The van der Waals surface area contributed by atoms with Gasteiger partial charge < -0.3 is 14.5 Å². The highest BCUT2D eigenvalue weighted by atomic mass is 35.5. The lowest BCUT2D eigenvalue weighted by Crippen LogP contribution is -2.49. The van der Waals surface area contributed by atoms with Gasteiger partial charge in [-0.2, -0.15) is 0 Å². The van der Waals surface area contributed by atoms with Crippen molar-refractivity contribution < 1.29 is 4.74 Å². The van der Waals surface area contributed by atoms with Crippen LogP contribution >= 0.6 is 11.6 Å². The average Bonchev–Trinajstić information content (AvgIpc) is 2.63. The summed E-state index contributed by atoms with van der Waals surface area (Å²) in [4.78, 5) is 7.43. The minimum atomic E-state index is 0.453. The monoisotopic (exact) mass is 353 g/mol. The summed E-state index contributed by atoms with van der Waals surface area (Å²) in [6.45, 7) is 9.83. The van der Waals surface area contributed by atoms with Gasteiger partial charge in [0, 0.05) is 46.4 Å². The number of piperazine rings is 1. The second-order valence-electron chi connectivity index (χ2n) is 6.78. The average molecular weight is 354 g/mol. The standard InChI is InChI=1S/C17H28ClN5O/c1-24-13-12-21-6-4-15(5-7-21)14-22-8-10-23(11-9-22)17-3-2-16(18)19-20-17/h2-3,15H,4-14H2,1H3. The Morgan fingerprint density at radius 2 is 1.79 bits per heavy atom. The number of aromatic nitrogens is 2. The zero-order valence-electron chi connectivity index (χ0n) is 14.5. The first kappa shape index (κ1) is 17.9. The van der Waals surface area contributed by atoms with Gasteiger partial charge in [0.05, 0.1) is 6.61 Å². The summed E-state index contributed by atoms with van der Waals surface area (Å²) in [5.41, 5.74) is 0. The van der Waals surface area contributed by atoms with E-state index in [0.29, 0.717) is 5.15 Å². The van der Waals surface area contributed by atoms with E-state index in [-0.39, 0.29) is 0 Å². The molecule has 2 aliphatic heterocycles. The zero-order chi connectivity index (χ0) is 16.8. The highest BCUT2D eigenvalue weighted by Gasteiger charge is 2.24. The Kier molecular flexibility index (Phi) is 6.66. The van der Waals surface area contributed by atoms with Crippen LogP contribution in [0.25, 0.3) is 0 Å². The minimum Gasteiger partial charge on any atom is -0.383 e. The van der Waals surface area contributed by atoms with Crippen LogP contribution in [0.2, 0.25) is 5.15 Å². The molecule has 0 bridgehead atoms. The van der Waals surface area contributed by atoms with E-state index in [1.807, 2.05) is 12.1 Å². The highest BCUT2D eigenvalue weighted by molar-refractivity contribution is 6.29. The fraction of sp³-hybridized carbons (Fsp3) is 0.765. The second kappa shape index (κ2) is 8.94. The number of halogens is 1. The van der Waals surface area contributed by atoms with Crippen LogP contribution in [0.4, 0.5) is 5.82 Å². The van der Waals surface area contributed by atoms with E-state index in [1.54, 1.807) is 7.11 Å². The van der Waals surface area contributed by atoms with Gasteiger partial charge >= 0.3 is 0 Å². The highest BCUT2D eigenvalue weighted by Crippen LogP contribution is 2.20. The molecule has 2 saturated heterocycles. The molecule has 0 radical (unpaired) electrons. The van der Waals surface area contributed by atoms with E-state index in [2.05, 4.69) is 24.9 Å². The summed E-state index contributed by atoms with van der Waals surface area (Å²) in [6.07, 6.45) is 2.62. The number of hydrogen-bond acceptors (Lipinski definition) is 6. The zero-order valence-corrected chi connectivity index (χ0v) is 15.3.